The standard InChI is InChI=1S/C53H105NO8/c1-3-5-7-9-11-13-15-17-18-19-20-21-22-23-24-25-26-27-28-29-30-31-32-34-36-38-40-42-47(56)46(45-61-53-52(60)51(59)50(58)48(44-55)62-53)54-49(57)43-41-39-37-35-33-16-14-12-10-8-6-4-2/h46-48,50-53,55-56,58-60H,3-45H2,1-2H3,(H,54,57). The minimum atomic E-state index is -1.55. The number of carbonyl (C=O) groups is 1. The number of amides is 1. The van der Waals surface area contributed by atoms with Crippen molar-refractivity contribution < 1.29 is 39.8 Å². The van der Waals surface area contributed by atoms with E-state index in [-0.39, 0.29) is 12.5 Å². The van der Waals surface area contributed by atoms with E-state index in [0.29, 0.717) is 12.8 Å². The summed E-state index contributed by atoms with van der Waals surface area (Å²) in [5, 5.41) is 54.5. The lowest BCUT2D eigenvalue weighted by molar-refractivity contribution is -0.302. The predicted molar refractivity (Wildman–Crippen MR) is 258 cm³/mol. The van der Waals surface area contributed by atoms with E-state index in [0.717, 1.165) is 38.5 Å². The zero-order valence-electron chi connectivity index (χ0n) is 40.9. The zero-order valence-corrected chi connectivity index (χ0v) is 40.9. The van der Waals surface area contributed by atoms with Crippen LogP contribution in [0, 0.1) is 0 Å². The molecular weight excluding hydrogens is 779 g/mol. The van der Waals surface area contributed by atoms with Crippen molar-refractivity contribution >= 4 is 5.91 Å². The van der Waals surface area contributed by atoms with Crippen LogP contribution >= 0.6 is 0 Å². The number of hydrogen-bond acceptors (Lipinski definition) is 8. The lowest BCUT2D eigenvalue weighted by Crippen LogP contribution is -2.60. The van der Waals surface area contributed by atoms with Gasteiger partial charge in [-0.3, -0.25) is 4.79 Å². The molecule has 1 aliphatic rings. The summed E-state index contributed by atoms with van der Waals surface area (Å²) in [4.78, 5) is 13.0. The molecule has 9 nitrogen and oxygen atoms in total. The highest BCUT2D eigenvalue weighted by molar-refractivity contribution is 5.76. The average molecular weight is 884 g/mol. The van der Waals surface area contributed by atoms with Gasteiger partial charge < -0.3 is 40.3 Å². The number of nitrogens with one attached hydrogen (secondary N) is 1. The largest absolute Gasteiger partial charge is 0.394 e. The van der Waals surface area contributed by atoms with Crippen molar-refractivity contribution in [3.63, 3.8) is 0 Å². The van der Waals surface area contributed by atoms with Crippen molar-refractivity contribution in [2.45, 2.75) is 320 Å². The van der Waals surface area contributed by atoms with Crippen LogP contribution in [0.1, 0.15) is 277 Å². The molecule has 1 rings (SSSR count). The molecule has 6 N–H and O–H groups in total. The Balaban J connectivity index is 2.15. The van der Waals surface area contributed by atoms with Gasteiger partial charge in [-0.05, 0) is 12.8 Å². The zero-order chi connectivity index (χ0) is 45.1. The first kappa shape index (κ1) is 59.2. The molecule has 0 bridgehead atoms. The second-order valence-corrected chi connectivity index (χ2v) is 19.4. The molecule has 1 aliphatic heterocycles. The molecule has 62 heavy (non-hydrogen) atoms. The Kier molecular flexibility index (Phi) is 42.1. The molecule has 1 heterocycles. The quantitative estimate of drug-likeness (QED) is 0.0331. The van der Waals surface area contributed by atoms with Gasteiger partial charge in [0.2, 0.25) is 5.91 Å². The Morgan fingerprint density at radius 2 is 0.806 bits per heavy atom. The molecule has 7 unspecified atom stereocenters. The SMILES string of the molecule is CCCCCCCCCCCCCCCCCCCCCCCCCCCCCC(O)C(COC1OC(CO)C(O)C(O)C1O)NC(=O)CCCCCCCCCCCCCC. The van der Waals surface area contributed by atoms with E-state index in [1.54, 1.807) is 0 Å². The number of unbranched alkanes of at least 4 members (excludes halogenated alkanes) is 37. The van der Waals surface area contributed by atoms with Crippen molar-refractivity contribution in [1.29, 1.82) is 0 Å². The number of rotatable bonds is 47. The maximum Gasteiger partial charge on any atom is 0.220 e. The third-order valence-electron chi connectivity index (χ3n) is 13.5. The van der Waals surface area contributed by atoms with Crippen molar-refractivity contribution in [3.8, 4) is 0 Å². The molecule has 1 fully saturated rings. The first-order valence-corrected chi connectivity index (χ1v) is 27.2. The van der Waals surface area contributed by atoms with Crippen LogP contribution in [0.2, 0.25) is 0 Å². The molecule has 0 aromatic heterocycles. The van der Waals surface area contributed by atoms with Gasteiger partial charge in [-0.15, -0.1) is 0 Å². The summed E-state index contributed by atoms with van der Waals surface area (Å²) in [5.41, 5.74) is 0. The van der Waals surface area contributed by atoms with Gasteiger partial charge in [0.15, 0.2) is 6.29 Å². The van der Waals surface area contributed by atoms with E-state index in [1.807, 2.05) is 0 Å². The number of hydrogen-bond donors (Lipinski definition) is 6. The summed E-state index contributed by atoms with van der Waals surface area (Å²) in [6.07, 6.45) is 44.2. The minimum absolute atomic E-state index is 0.131. The van der Waals surface area contributed by atoms with Gasteiger partial charge in [0.25, 0.3) is 0 Å². The van der Waals surface area contributed by atoms with Gasteiger partial charge in [-0.1, -0.05) is 258 Å². The van der Waals surface area contributed by atoms with Gasteiger partial charge in [0.05, 0.1) is 25.4 Å². The van der Waals surface area contributed by atoms with Crippen LogP contribution in [-0.2, 0) is 14.3 Å². The molecule has 9 heteroatoms. The molecule has 0 radical (unpaired) electrons. The van der Waals surface area contributed by atoms with Crippen molar-refractivity contribution in [3.05, 3.63) is 0 Å². The summed E-state index contributed by atoms with van der Waals surface area (Å²) < 4.78 is 11.3. The van der Waals surface area contributed by atoms with Crippen LogP contribution in [0.3, 0.4) is 0 Å². The van der Waals surface area contributed by atoms with Crippen LogP contribution in [-0.4, -0.2) is 87.5 Å². The molecule has 0 aromatic carbocycles. The second kappa shape index (κ2) is 44.0. The van der Waals surface area contributed by atoms with Crippen molar-refractivity contribution in [2.75, 3.05) is 13.2 Å². The molecule has 0 saturated carbocycles. The molecule has 1 saturated heterocycles. The van der Waals surface area contributed by atoms with Gasteiger partial charge in [0, 0.05) is 6.42 Å². The van der Waals surface area contributed by atoms with Gasteiger partial charge in [0.1, 0.15) is 24.4 Å². The lowest BCUT2D eigenvalue weighted by Gasteiger charge is -2.40. The van der Waals surface area contributed by atoms with Crippen molar-refractivity contribution in [2.24, 2.45) is 0 Å². The van der Waals surface area contributed by atoms with Crippen LogP contribution in [0.15, 0.2) is 0 Å². The van der Waals surface area contributed by atoms with Crippen LogP contribution in [0.5, 0.6) is 0 Å². The maximum atomic E-state index is 13.0. The fourth-order valence-corrected chi connectivity index (χ4v) is 9.11. The molecule has 1 amide bonds. The van der Waals surface area contributed by atoms with E-state index < -0.39 is 49.5 Å². The summed E-state index contributed by atoms with van der Waals surface area (Å²) in [7, 11) is 0. The highest BCUT2D eigenvalue weighted by Crippen LogP contribution is 2.23. The topological polar surface area (TPSA) is 149 Å². The fourth-order valence-electron chi connectivity index (χ4n) is 9.11. The Morgan fingerprint density at radius 1 is 0.484 bits per heavy atom. The second-order valence-electron chi connectivity index (χ2n) is 19.4. The Labute approximate surface area is 383 Å². The smallest absolute Gasteiger partial charge is 0.220 e. The third kappa shape index (κ3) is 33.6. The normalized spacial score (nSPS) is 20.1. The summed E-state index contributed by atoms with van der Waals surface area (Å²) in [5.74, 6) is -0.140. The average Bonchev–Trinajstić information content (AvgIpc) is 3.27. The van der Waals surface area contributed by atoms with E-state index >= 15 is 0 Å². The van der Waals surface area contributed by atoms with Gasteiger partial charge >= 0.3 is 0 Å². The molecule has 370 valence electrons. The minimum Gasteiger partial charge on any atom is -0.394 e. The number of aliphatic hydroxyl groups excluding tert-OH is 5. The monoisotopic (exact) mass is 884 g/mol. The van der Waals surface area contributed by atoms with Crippen LogP contribution < -0.4 is 5.32 Å². The predicted octanol–water partition coefficient (Wildman–Crippen LogP) is 12.7. The molecule has 0 spiro atoms. The Morgan fingerprint density at radius 3 is 1.15 bits per heavy atom. The first-order chi connectivity index (χ1) is 30.3. The third-order valence-corrected chi connectivity index (χ3v) is 13.5. The van der Waals surface area contributed by atoms with E-state index in [2.05, 4.69) is 19.2 Å². The Bertz CT molecular complexity index is 939. The molecular formula is C53H105NO8. The van der Waals surface area contributed by atoms with Crippen LogP contribution in [0.25, 0.3) is 0 Å². The van der Waals surface area contributed by atoms with Crippen molar-refractivity contribution in [1.82, 2.24) is 5.32 Å². The highest BCUT2D eigenvalue weighted by Gasteiger charge is 2.44. The van der Waals surface area contributed by atoms with E-state index in [4.69, 9.17) is 9.47 Å². The summed E-state index contributed by atoms with van der Waals surface area (Å²) in [6, 6.07) is -0.712. The summed E-state index contributed by atoms with van der Waals surface area (Å²) in [6.45, 7) is 3.86. The molecule has 7 atom stereocenters. The highest BCUT2D eigenvalue weighted by atomic mass is 16.7. The van der Waals surface area contributed by atoms with Gasteiger partial charge in [-0.2, -0.15) is 0 Å². The summed E-state index contributed by atoms with van der Waals surface area (Å²) >= 11 is 0. The van der Waals surface area contributed by atoms with E-state index in [9.17, 15) is 30.3 Å². The molecule has 0 aliphatic carbocycles. The number of ether oxygens (including phenoxy) is 2. The van der Waals surface area contributed by atoms with E-state index in [1.165, 1.54) is 212 Å². The number of carbonyl (C=O) groups excluding carboxylic acids is 1. The lowest BCUT2D eigenvalue weighted by atomic mass is 9.99. The van der Waals surface area contributed by atoms with Crippen LogP contribution in [0.4, 0.5) is 0 Å². The maximum absolute atomic E-state index is 13.0. The number of aliphatic hydroxyl groups is 5. The Hall–Kier alpha value is -0.810. The first-order valence-electron chi connectivity index (χ1n) is 27.2. The van der Waals surface area contributed by atoms with Gasteiger partial charge in [-0.25, -0.2) is 0 Å². The fraction of sp³-hybridized carbons (Fsp3) is 0.981. The molecule has 0 aromatic rings.